The lowest BCUT2D eigenvalue weighted by atomic mass is 10.1. The van der Waals surface area contributed by atoms with Crippen molar-refractivity contribution in [1.82, 2.24) is 10.3 Å². The second-order valence-electron chi connectivity index (χ2n) is 5.18. The molecule has 0 radical (unpaired) electrons. The molecule has 0 unspecified atom stereocenters. The maximum atomic E-state index is 4.67. The van der Waals surface area contributed by atoms with Gasteiger partial charge in [-0.2, -0.15) is 0 Å². The first kappa shape index (κ1) is 12.4. The van der Waals surface area contributed by atoms with Crippen molar-refractivity contribution in [3.8, 4) is 0 Å². The number of hydrogen-bond donors (Lipinski definition) is 1. The summed E-state index contributed by atoms with van der Waals surface area (Å²) in [6.07, 6.45) is 7.52. The van der Waals surface area contributed by atoms with E-state index in [4.69, 9.17) is 0 Å². The molecule has 2 aromatic rings. The molecule has 2 heteroatoms. The zero-order valence-electron chi connectivity index (χ0n) is 11.2. The van der Waals surface area contributed by atoms with Gasteiger partial charge in [0.25, 0.3) is 0 Å². The van der Waals surface area contributed by atoms with Gasteiger partial charge in [0.2, 0.25) is 0 Å². The molecular weight excluding hydrogens is 232 g/mol. The number of allylic oxidation sites excluding steroid dienone is 1. The molecule has 3 rings (SSSR count). The Morgan fingerprint density at radius 3 is 2.95 bits per heavy atom. The number of nitrogens with zero attached hydrogens (tertiary/aromatic N) is 1. The van der Waals surface area contributed by atoms with Crippen molar-refractivity contribution < 1.29 is 0 Å². The number of para-hydroxylation sites is 1. The third-order valence-electron chi connectivity index (χ3n) is 3.72. The Kier molecular flexibility index (Phi) is 3.89. The van der Waals surface area contributed by atoms with Crippen LogP contribution < -0.4 is 5.32 Å². The minimum Gasteiger partial charge on any atom is -0.311 e. The second kappa shape index (κ2) is 5.98. The van der Waals surface area contributed by atoms with Crippen LogP contribution in [-0.2, 0) is 6.54 Å². The summed E-state index contributed by atoms with van der Waals surface area (Å²) in [5.74, 6) is 0. The van der Waals surface area contributed by atoms with E-state index in [0.29, 0.717) is 0 Å². The van der Waals surface area contributed by atoms with Crippen molar-refractivity contribution in [2.75, 3.05) is 6.54 Å². The highest BCUT2D eigenvalue weighted by atomic mass is 14.9. The molecule has 0 fully saturated rings. The van der Waals surface area contributed by atoms with E-state index in [1.54, 1.807) is 5.57 Å². The van der Waals surface area contributed by atoms with Crippen LogP contribution in [0.25, 0.3) is 10.9 Å². The lowest BCUT2D eigenvalue weighted by molar-refractivity contribution is 0.667. The van der Waals surface area contributed by atoms with Crippen LogP contribution in [0.5, 0.6) is 0 Å². The molecule has 19 heavy (non-hydrogen) atoms. The second-order valence-corrected chi connectivity index (χ2v) is 5.18. The molecule has 1 aliphatic rings. The number of aromatic nitrogens is 1. The first-order valence-electron chi connectivity index (χ1n) is 7.15. The number of nitrogens with one attached hydrogen (secondary N) is 1. The molecule has 0 saturated heterocycles. The highest BCUT2D eigenvalue weighted by molar-refractivity contribution is 5.78. The van der Waals surface area contributed by atoms with Gasteiger partial charge in [-0.3, -0.25) is 4.98 Å². The standard InChI is InChI=1S/C17H20N2/c1-2-6-14(5-1)11-12-18-13-16-10-9-15-7-3-4-8-17(15)19-16/h3-5,7-10,18H,1-2,6,11-13H2. The van der Waals surface area contributed by atoms with E-state index in [1.807, 2.05) is 6.07 Å². The molecule has 1 aliphatic carbocycles. The highest BCUT2D eigenvalue weighted by Crippen LogP contribution is 2.19. The summed E-state index contributed by atoms with van der Waals surface area (Å²) >= 11 is 0. The molecule has 98 valence electrons. The summed E-state index contributed by atoms with van der Waals surface area (Å²) in [6, 6.07) is 12.5. The number of rotatable bonds is 5. The van der Waals surface area contributed by atoms with Crippen molar-refractivity contribution in [3.05, 3.63) is 53.7 Å². The van der Waals surface area contributed by atoms with Crippen LogP contribution in [0.4, 0.5) is 0 Å². The normalized spacial score (nSPS) is 14.8. The van der Waals surface area contributed by atoms with Crippen LogP contribution in [0.15, 0.2) is 48.0 Å². The highest BCUT2D eigenvalue weighted by Gasteiger charge is 2.03. The number of hydrogen-bond acceptors (Lipinski definition) is 2. The average Bonchev–Trinajstić information content (AvgIpc) is 2.97. The van der Waals surface area contributed by atoms with E-state index in [2.05, 4.69) is 46.7 Å². The Hall–Kier alpha value is -1.67. The smallest absolute Gasteiger partial charge is 0.0705 e. The van der Waals surface area contributed by atoms with Crippen molar-refractivity contribution in [3.63, 3.8) is 0 Å². The molecule has 0 bridgehead atoms. The molecule has 0 saturated carbocycles. The van der Waals surface area contributed by atoms with Crippen LogP contribution in [0.3, 0.4) is 0 Å². The van der Waals surface area contributed by atoms with E-state index in [1.165, 1.54) is 31.1 Å². The third-order valence-corrected chi connectivity index (χ3v) is 3.72. The van der Waals surface area contributed by atoms with Crippen molar-refractivity contribution >= 4 is 10.9 Å². The summed E-state index contributed by atoms with van der Waals surface area (Å²) in [6.45, 7) is 1.92. The SMILES string of the molecule is C1=C(CCNCc2ccc3ccccc3n2)CCC1. The zero-order chi connectivity index (χ0) is 12.9. The first-order valence-corrected chi connectivity index (χ1v) is 7.15. The van der Waals surface area contributed by atoms with E-state index in [9.17, 15) is 0 Å². The van der Waals surface area contributed by atoms with Gasteiger partial charge in [-0.05, 0) is 44.4 Å². The van der Waals surface area contributed by atoms with E-state index in [0.717, 1.165) is 24.3 Å². The zero-order valence-corrected chi connectivity index (χ0v) is 11.2. The first-order chi connectivity index (χ1) is 9.42. The molecule has 1 N–H and O–H groups in total. The van der Waals surface area contributed by atoms with Gasteiger partial charge in [0, 0.05) is 11.9 Å². The Labute approximate surface area is 114 Å². The fraction of sp³-hybridized carbons (Fsp3) is 0.353. The van der Waals surface area contributed by atoms with E-state index >= 15 is 0 Å². The summed E-state index contributed by atoms with van der Waals surface area (Å²) in [5, 5.41) is 4.70. The van der Waals surface area contributed by atoms with Crippen molar-refractivity contribution in [2.45, 2.75) is 32.2 Å². The minimum atomic E-state index is 0.859. The minimum absolute atomic E-state index is 0.859. The fourth-order valence-electron chi connectivity index (χ4n) is 2.64. The summed E-state index contributed by atoms with van der Waals surface area (Å²) < 4.78 is 0. The third kappa shape index (κ3) is 3.21. The maximum absolute atomic E-state index is 4.67. The molecular formula is C17H20N2. The van der Waals surface area contributed by atoms with Gasteiger partial charge in [-0.15, -0.1) is 0 Å². The van der Waals surface area contributed by atoms with Crippen LogP contribution >= 0.6 is 0 Å². The number of pyridine rings is 1. The molecule has 2 nitrogen and oxygen atoms in total. The molecule has 1 heterocycles. The lowest BCUT2D eigenvalue weighted by Crippen LogP contribution is -2.15. The number of benzene rings is 1. The van der Waals surface area contributed by atoms with Gasteiger partial charge in [-0.1, -0.05) is 35.9 Å². The molecule has 1 aromatic carbocycles. The molecule has 0 aliphatic heterocycles. The van der Waals surface area contributed by atoms with Gasteiger partial charge < -0.3 is 5.32 Å². The predicted octanol–water partition coefficient (Wildman–Crippen LogP) is 3.82. The quantitative estimate of drug-likeness (QED) is 0.646. The fourth-order valence-corrected chi connectivity index (χ4v) is 2.64. The monoisotopic (exact) mass is 252 g/mol. The van der Waals surface area contributed by atoms with Gasteiger partial charge in [0.05, 0.1) is 11.2 Å². The molecule has 0 spiro atoms. The van der Waals surface area contributed by atoms with Gasteiger partial charge in [0.1, 0.15) is 0 Å². The Balaban J connectivity index is 1.53. The molecule has 1 aromatic heterocycles. The molecule has 0 atom stereocenters. The van der Waals surface area contributed by atoms with Crippen LogP contribution in [-0.4, -0.2) is 11.5 Å². The predicted molar refractivity (Wildman–Crippen MR) is 80.0 cm³/mol. The molecule has 0 amide bonds. The van der Waals surface area contributed by atoms with Gasteiger partial charge >= 0.3 is 0 Å². The Bertz CT molecular complexity index is 587. The topological polar surface area (TPSA) is 24.9 Å². The summed E-state index contributed by atoms with van der Waals surface area (Å²) in [7, 11) is 0. The van der Waals surface area contributed by atoms with E-state index < -0.39 is 0 Å². The van der Waals surface area contributed by atoms with Gasteiger partial charge in [0.15, 0.2) is 0 Å². The average molecular weight is 252 g/mol. The largest absolute Gasteiger partial charge is 0.311 e. The summed E-state index contributed by atoms with van der Waals surface area (Å²) in [4.78, 5) is 4.67. The van der Waals surface area contributed by atoms with Crippen molar-refractivity contribution in [1.29, 1.82) is 0 Å². The maximum Gasteiger partial charge on any atom is 0.0705 e. The summed E-state index contributed by atoms with van der Waals surface area (Å²) in [5.41, 5.74) is 3.83. The van der Waals surface area contributed by atoms with Crippen LogP contribution in [0.1, 0.15) is 31.4 Å². The Morgan fingerprint density at radius 1 is 1.11 bits per heavy atom. The van der Waals surface area contributed by atoms with Crippen molar-refractivity contribution in [2.24, 2.45) is 0 Å². The van der Waals surface area contributed by atoms with E-state index in [-0.39, 0.29) is 0 Å². The van der Waals surface area contributed by atoms with Crippen LogP contribution in [0.2, 0.25) is 0 Å². The number of fused-ring (bicyclic) bond motifs is 1. The Morgan fingerprint density at radius 2 is 2.05 bits per heavy atom. The lowest BCUT2D eigenvalue weighted by Gasteiger charge is -2.06. The van der Waals surface area contributed by atoms with Crippen LogP contribution in [0, 0.1) is 0 Å². The van der Waals surface area contributed by atoms with Gasteiger partial charge in [-0.25, -0.2) is 0 Å².